The van der Waals surface area contributed by atoms with Gasteiger partial charge in [-0.3, -0.25) is 10.7 Å². The number of phenolic OH excluding ortho intramolecular Hbond substituents is 1. The van der Waals surface area contributed by atoms with Gasteiger partial charge in [0.25, 0.3) is 0 Å². The van der Waals surface area contributed by atoms with Gasteiger partial charge in [-0.2, -0.15) is 0 Å². The van der Waals surface area contributed by atoms with Crippen molar-refractivity contribution in [3.63, 3.8) is 0 Å². The topological polar surface area (TPSA) is 82.4 Å². The summed E-state index contributed by atoms with van der Waals surface area (Å²) in [5, 5.41) is 20.7. The molecule has 0 aliphatic carbocycles. The molecule has 0 atom stereocenters. The predicted molar refractivity (Wildman–Crippen MR) is 79.7 cm³/mol. The van der Waals surface area contributed by atoms with Crippen molar-refractivity contribution < 1.29 is 14.6 Å². The Bertz CT molecular complexity index is 671. The first kappa shape index (κ1) is 14.3. The van der Waals surface area contributed by atoms with E-state index >= 15 is 0 Å². The summed E-state index contributed by atoms with van der Waals surface area (Å²) in [6.45, 7) is 5.27. The van der Waals surface area contributed by atoms with Crippen LogP contribution in [-0.2, 0) is 4.74 Å². The highest BCUT2D eigenvalue weighted by molar-refractivity contribution is 7.20. The van der Waals surface area contributed by atoms with Crippen LogP contribution in [0.4, 0.5) is 4.79 Å². The molecular weight excluding hydrogens is 276 g/mol. The van der Waals surface area contributed by atoms with Gasteiger partial charge in [-0.15, -0.1) is 11.3 Å². The smallest absolute Gasteiger partial charge is 0.413 e. The average Bonchev–Trinajstić information content (AvgIpc) is 2.71. The van der Waals surface area contributed by atoms with Gasteiger partial charge < -0.3 is 9.84 Å². The molecule has 0 spiro atoms. The number of aromatic hydroxyl groups is 1. The second kappa shape index (κ2) is 5.13. The number of nitrogens with one attached hydrogen (secondary N) is 2. The van der Waals surface area contributed by atoms with Gasteiger partial charge in [0.2, 0.25) is 0 Å². The molecule has 20 heavy (non-hydrogen) atoms. The molecule has 0 fully saturated rings. The molecule has 6 heteroatoms. The standard InChI is InChI=1S/C14H16N2O3S/c1-14(2,3)19-13(18)16-12(15)11-7-8-9(17)5-4-6-10(8)20-11/h4-7,17H,1-3H3,(H2,15,16,18). The summed E-state index contributed by atoms with van der Waals surface area (Å²) in [6.07, 6.45) is -0.663. The SMILES string of the molecule is CC(C)(C)OC(=O)NC(=N)c1cc2c(O)cccc2s1. The van der Waals surface area contributed by atoms with Crippen molar-refractivity contribution >= 4 is 33.4 Å². The molecule has 1 amide bonds. The largest absolute Gasteiger partial charge is 0.507 e. The predicted octanol–water partition coefficient (Wildman–Crippen LogP) is 3.46. The van der Waals surface area contributed by atoms with Gasteiger partial charge in [0, 0.05) is 10.1 Å². The van der Waals surface area contributed by atoms with E-state index in [1.165, 1.54) is 11.3 Å². The Kier molecular flexibility index (Phi) is 3.67. The molecular formula is C14H16N2O3S. The zero-order chi connectivity index (χ0) is 14.9. The molecule has 2 aromatic rings. The van der Waals surface area contributed by atoms with E-state index in [1.54, 1.807) is 39.0 Å². The molecule has 0 saturated carbocycles. The number of ether oxygens (including phenoxy) is 1. The quantitative estimate of drug-likeness (QED) is 0.556. The van der Waals surface area contributed by atoms with Crippen LogP contribution in [0.2, 0.25) is 0 Å². The Labute approximate surface area is 120 Å². The molecule has 3 N–H and O–H groups in total. The van der Waals surface area contributed by atoms with Crippen LogP contribution in [0.3, 0.4) is 0 Å². The summed E-state index contributed by atoms with van der Waals surface area (Å²) in [4.78, 5) is 12.2. The van der Waals surface area contributed by atoms with Crippen LogP contribution in [0.5, 0.6) is 5.75 Å². The highest BCUT2D eigenvalue weighted by Crippen LogP contribution is 2.31. The second-order valence-corrected chi connectivity index (χ2v) is 6.39. The monoisotopic (exact) mass is 292 g/mol. The fraction of sp³-hybridized carbons (Fsp3) is 0.286. The Hall–Kier alpha value is -2.08. The van der Waals surface area contributed by atoms with E-state index in [2.05, 4.69) is 5.32 Å². The van der Waals surface area contributed by atoms with E-state index in [4.69, 9.17) is 10.1 Å². The lowest BCUT2D eigenvalue weighted by molar-refractivity contribution is 0.0563. The third-order valence-electron chi connectivity index (χ3n) is 2.41. The molecule has 5 nitrogen and oxygen atoms in total. The summed E-state index contributed by atoms with van der Waals surface area (Å²) in [7, 11) is 0. The van der Waals surface area contributed by atoms with E-state index in [9.17, 15) is 9.90 Å². The van der Waals surface area contributed by atoms with Crippen LogP contribution in [0.1, 0.15) is 25.6 Å². The molecule has 0 radical (unpaired) electrons. The average molecular weight is 292 g/mol. The summed E-state index contributed by atoms with van der Waals surface area (Å²) in [5.74, 6) is 0.120. The fourth-order valence-electron chi connectivity index (χ4n) is 1.64. The molecule has 0 aliphatic rings. The number of amidine groups is 1. The van der Waals surface area contributed by atoms with Crippen molar-refractivity contribution in [2.24, 2.45) is 0 Å². The number of hydrogen-bond donors (Lipinski definition) is 3. The normalized spacial score (nSPS) is 11.3. The number of thiophene rings is 1. The molecule has 0 saturated heterocycles. The van der Waals surface area contributed by atoms with E-state index in [0.29, 0.717) is 10.3 Å². The lowest BCUT2D eigenvalue weighted by atomic mass is 10.2. The Morgan fingerprint density at radius 2 is 2.10 bits per heavy atom. The molecule has 106 valence electrons. The van der Waals surface area contributed by atoms with Crippen molar-refractivity contribution in [1.29, 1.82) is 5.41 Å². The van der Waals surface area contributed by atoms with Gasteiger partial charge in [0.1, 0.15) is 17.2 Å². The van der Waals surface area contributed by atoms with Gasteiger partial charge in [-0.1, -0.05) is 6.07 Å². The third kappa shape index (κ3) is 3.27. The minimum absolute atomic E-state index is 0.0418. The van der Waals surface area contributed by atoms with Gasteiger partial charge in [-0.05, 0) is 39.0 Å². The van der Waals surface area contributed by atoms with Crippen molar-refractivity contribution in [3.8, 4) is 5.75 Å². The lowest BCUT2D eigenvalue weighted by Crippen LogP contribution is -2.36. The maximum absolute atomic E-state index is 11.6. The van der Waals surface area contributed by atoms with E-state index in [0.717, 1.165) is 4.70 Å². The van der Waals surface area contributed by atoms with Crippen LogP contribution in [0, 0.1) is 5.41 Å². The van der Waals surface area contributed by atoms with Crippen molar-refractivity contribution in [2.75, 3.05) is 0 Å². The Morgan fingerprint density at radius 3 is 2.70 bits per heavy atom. The van der Waals surface area contributed by atoms with Gasteiger partial charge in [0.05, 0.1) is 4.88 Å². The minimum atomic E-state index is -0.663. The van der Waals surface area contributed by atoms with Gasteiger partial charge in [-0.25, -0.2) is 4.79 Å². The molecule has 1 aromatic carbocycles. The molecule has 1 aromatic heterocycles. The zero-order valence-electron chi connectivity index (χ0n) is 11.5. The second-order valence-electron chi connectivity index (χ2n) is 5.30. The van der Waals surface area contributed by atoms with Crippen LogP contribution in [0.25, 0.3) is 10.1 Å². The first-order chi connectivity index (χ1) is 9.26. The van der Waals surface area contributed by atoms with E-state index in [-0.39, 0.29) is 11.6 Å². The zero-order valence-corrected chi connectivity index (χ0v) is 12.3. The summed E-state index contributed by atoms with van der Waals surface area (Å²) < 4.78 is 5.95. The van der Waals surface area contributed by atoms with E-state index < -0.39 is 11.7 Å². The number of carbonyl (C=O) groups is 1. The number of benzene rings is 1. The first-order valence-corrected chi connectivity index (χ1v) is 6.88. The van der Waals surface area contributed by atoms with Crippen LogP contribution < -0.4 is 5.32 Å². The maximum atomic E-state index is 11.6. The molecule has 0 unspecified atom stereocenters. The number of hydrogen-bond acceptors (Lipinski definition) is 5. The highest BCUT2D eigenvalue weighted by atomic mass is 32.1. The highest BCUT2D eigenvalue weighted by Gasteiger charge is 2.18. The number of phenols is 1. The Morgan fingerprint density at radius 1 is 1.40 bits per heavy atom. The Balaban J connectivity index is 2.16. The van der Waals surface area contributed by atoms with Crippen molar-refractivity contribution in [2.45, 2.75) is 26.4 Å². The van der Waals surface area contributed by atoms with Crippen molar-refractivity contribution in [3.05, 3.63) is 29.1 Å². The van der Waals surface area contributed by atoms with Crippen molar-refractivity contribution in [1.82, 2.24) is 5.32 Å². The minimum Gasteiger partial charge on any atom is -0.507 e. The van der Waals surface area contributed by atoms with Gasteiger partial charge >= 0.3 is 6.09 Å². The molecule has 2 rings (SSSR count). The van der Waals surface area contributed by atoms with Crippen LogP contribution >= 0.6 is 11.3 Å². The maximum Gasteiger partial charge on any atom is 0.413 e. The lowest BCUT2D eigenvalue weighted by Gasteiger charge is -2.19. The molecule has 0 bridgehead atoms. The fourth-order valence-corrected chi connectivity index (χ4v) is 2.62. The van der Waals surface area contributed by atoms with Gasteiger partial charge in [0.15, 0.2) is 0 Å². The number of amides is 1. The first-order valence-electron chi connectivity index (χ1n) is 6.07. The summed E-state index contributed by atoms with van der Waals surface area (Å²) in [6, 6.07) is 6.85. The summed E-state index contributed by atoms with van der Waals surface area (Å²) >= 11 is 1.32. The number of rotatable bonds is 1. The molecule has 0 aliphatic heterocycles. The number of carbonyl (C=O) groups excluding carboxylic acids is 1. The number of fused-ring (bicyclic) bond motifs is 1. The van der Waals surface area contributed by atoms with Crippen LogP contribution in [-0.4, -0.2) is 22.6 Å². The van der Waals surface area contributed by atoms with Crippen LogP contribution in [0.15, 0.2) is 24.3 Å². The third-order valence-corrected chi connectivity index (χ3v) is 3.53. The van der Waals surface area contributed by atoms with E-state index in [1.807, 2.05) is 6.07 Å². The number of alkyl carbamates (subject to hydrolysis) is 1. The molecule has 1 heterocycles. The summed E-state index contributed by atoms with van der Waals surface area (Å²) in [5.41, 5.74) is -0.608.